The molecular formula is C28H32Cl2N2O3. The number of aliphatic hydroxyl groups excluding tert-OH is 1. The molecule has 1 fully saturated rings. The highest BCUT2D eigenvalue weighted by atomic mass is 35.5. The minimum atomic E-state index is -0.567. The molecule has 3 aromatic rings. The fraction of sp³-hybridized carbons (Fsp3) is 0.357. The number of hydrogen-bond donors (Lipinski definition) is 1. The smallest absolute Gasteiger partial charge is 0.122 e. The van der Waals surface area contributed by atoms with Crippen LogP contribution in [0.4, 0.5) is 5.69 Å². The van der Waals surface area contributed by atoms with Crippen LogP contribution in [0.2, 0.25) is 10.0 Å². The van der Waals surface area contributed by atoms with E-state index in [9.17, 15) is 5.11 Å². The minimum Gasteiger partial charge on any atom is -0.497 e. The van der Waals surface area contributed by atoms with Gasteiger partial charge in [-0.2, -0.15) is 0 Å². The van der Waals surface area contributed by atoms with Gasteiger partial charge in [-0.1, -0.05) is 59.6 Å². The first kappa shape index (κ1) is 25.6. The third-order valence-corrected chi connectivity index (χ3v) is 7.14. The Labute approximate surface area is 217 Å². The average Bonchev–Trinajstić information content (AvgIpc) is 2.89. The molecule has 0 aromatic heterocycles. The van der Waals surface area contributed by atoms with E-state index in [2.05, 4.69) is 28.0 Å². The fourth-order valence-electron chi connectivity index (χ4n) is 4.40. The van der Waals surface area contributed by atoms with E-state index in [1.54, 1.807) is 13.2 Å². The maximum Gasteiger partial charge on any atom is 0.122 e. The largest absolute Gasteiger partial charge is 0.497 e. The van der Waals surface area contributed by atoms with Crippen LogP contribution in [0.15, 0.2) is 66.7 Å². The van der Waals surface area contributed by atoms with E-state index < -0.39 is 6.10 Å². The Morgan fingerprint density at radius 1 is 0.914 bits per heavy atom. The van der Waals surface area contributed by atoms with Gasteiger partial charge in [0.25, 0.3) is 0 Å². The summed E-state index contributed by atoms with van der Waals surface area (Å²) in [5.41, 5.74) is 3.32. The Morgan fingerprint density at radius 3 is 2.49 bits per heavy atom. The molecule has 1 N–H and O–H groups in total. The van der Waals surface area contributed by atoms with Gasteiger partial charge >= 0.3 is 0 Å². The molecule has 1 saturated heterocycles. The lowest BCUT2D eigenvalue weighted by Crippen LogP contribution is -2.49. The van der Waals surface area contributed by atoms with E-state index >= 15 is 0 Å². The van der Waals surface area contributed by atoms with Crippen LogP contribution in [0.3, 0.4) is 0 Å². The van der Waals surface area contributed by atoms with Gasteiger partial charge in [0.15, 0.2) is 0 Å². The summed E-state index contributed by atoms with van der Waals surface area (Å²) >= 11 is 12.6. The molecule has 1 aliphatic heterocycles. The van der Waals surface area contributed by atoms with Crippen molar-refractivity contribution in [2.24, 2.45) is 0 Å². The number of rotatable bonds is 10. The topological polar surface area (TPSA) is 45.2 Å². The second-order valence-electron chi connectivity index (χ2n) is 8.78. The van der Waals surface area contributed by atoms with Crippen LogP contribution >= 0.6 is 23.2 Å². The first-order valence-corrected chi connectivity index (χ1v) is 12.7. The SMILES string of the molecule is COc1cccc(CCc2ccccc2OCC(O)CN2CCN(c3cccc(Cl)c3Cl)CC2)c1. The Bertz CT molecular complexity index is 1100. The first-order valence-electron chi connectivity index (χ1n) is 12.0. The number of β-amino-alcohol motifs (C(OH)–C–C–N with tert-alkyl or cyclic N) is 1. The maximum atomic E-state index is 10.6. The van der Waals surface area contributed by atoms with E-state index in [-0.39, 0.29) is 6.61 Å². The van der Waals surface area contributed by atoms with Crippen molar-refractivity contribution in [3.63, 3.8) is 0 Å². The van der Waals surface area contributed by atoms with Crippen molar-refractivity contribution >= 4 is 28.9 Å². The van der Waals surface area contributed by atoms with Crippen molar-refractivity contribution < 1.29 is 14.6 Å². The number of para-hydroxylation sites is 1. The number of methoxy groups -OCH3 is 1. The summed E-state index contributed by atoms with van der Waals surface area (Å²) < 4.78 is 11.4. The molecule has 4 rings (SSSR count). The molecule has 1 aliphatic rings. The number of ether oxygens (including phenoxy) is 2. The quantitative estimate of drug-likeness (QED) is 0.395. The van der Waals surface area contributed by atoms with Crippen LogP contribution < -0.4 is 14.4 Å². The number of nitrogens with zero attached hydrogens (tertiary/aromatic N) is 2. The molecule has 1 unspecified atom stereocenters. The standard InChI is InChI=1S/C28H32Cl2N2O3/c1-34-24-8-4-6-21(18-24)12-13-22-7-2-3-11-27(22)35-20-23(33)19-31-14-16-32(17-15-31)26-10-5-9-25(29)28(26)30/h2-11,18,23,33H,12-17,19-20H2,1H3. The number of aryl methyl sites for hydroxylation is 2. The summed E-state index contributed by atoms with van der Waals surface area (Å²) in [5, 5.41) is 11.8. The summed E-state index contributed by atoms with van der Waals surface area (Å²) in [6.07, 6.45) is 1.18. The van der Waals surface area contributed by atoms with Gasteiger partial charge < -0.3 is 19.5 Å². The molecule has 186 valence electrons. The highest BCUT2D eigenvalue weighted by molar-refractivity contribution is 6.43. The van der Waals surface area contributed by atoms with Gasteiger partial charge in [0.1, 0.15) is 24.2 Å². The van der Waals surface area contributed by atoms with E-state index in [1.165, 1.54) is 5.56 Å². The lowest BCUT2D eigenvalue weighted by atomic mass is 10.0. The summed E-state index contributed by atoms with van der Waals surface area (Å²) in [5.74, 6) is 1.70. The van der Waals surface area contributed by atoms with Crippen molar-refractivity contribution in [3.8, 4) is 11.5 Å². The maximum absolute atomic E-state index is 10.6. The second kappa shape index (κ2) is 12.5. The molecule has 0 spiro atoms. The Balaban J connectivity index is 1.25. The fourth-order valence-corrected chi connectivity index (χ4v) is 4.82. The molecule has 5 nitrogen and oxygen atoms in total. The van der Waals surface area contributed by atoms with Gasteiger partial charge in [0, 0.05) is 32.7 Å². The monoisotopic (exact) mass is 514 g/mol. The Hall–Kier alpha value is -2.44. The van der Waals surface area contributed by atoms with Gasteiger partial charge in [0.05, 0.1) is 22.8 Å². The van der Waals surface area contributed by atoms with Gasteiger partial charge in [-0.05, 0) is 54.3 Å². The zero-order valence-electron chi connectivity index (χ0n) is 20.0. The highest BCUT2D eigenvalue weighted by Gasteiger charge is 2.22. The number of hydrogen-bond acceptors (Lipinski definition) is 5. The number of halogens is 2. The van der Waals surface area contributed by atoms with Crippen molar-refractivity contribution in [1.29, 1.82) is 0 Å². The lowest BCUT2D eigenvalue weighted by molar-refractivity contribution is 0.0660. The Kier molecular flexibility index (Phi) is 9.16. The molecule has 35 heavy (non-hydrogen) atoms. The van der Waals surface area contributed by atoms with Gasteiger partial charge in [-0.3, -0.25) is 4.90 Å². The van der Waals surface area contributed by atoms with Crippen LogP contribution in [0, 0.1) is 0 Å². The summed E-state index contributed by atoms with van der Waals surface area (Å²) in [4.78, 5) is 4.50. The lowest BCUT2D eigenvalue weighted by Gasteiger charge is -2.37. The average molecular weight is 515 g/mol. The molecule has 0 aliphatic carbocycles. The molecule has 3 aromatic carbocycles. The normalized spacial score (nSPS) is 15.1. The molecule has 0 radical (unpaired) electrons. The predicted molar refractivity (Wildman–Crippen MR) is 143 cm³/mol. The molecule has 1 atom stereocenters. The van der Waals surface area contributed by atoms with E-state index in [0.717, 1.165) is 61.8 Å². The number of aliphatic hydroxyl groups is 1. The zero-order chi connectivity index (χ0) is 24.6. The zero-order valence-corrected chi connectivity index (χ0v) is 21.5. The van der Waals surface area contributed by atoms with Crippen LogP contribution in [0.5, 0.6) is 11.5 Å². The second-order valence-corrected chi connectivity index (χ2v) is 9.57. The Morgan fingerprint density at radius 2 is 1.69 bits per heavy atom. The van der Waals surface area contributed by atoms with Crippen LogP contribution in [-0.2, 0) is 12.8 Å². The molecule has 0 saturated carbocycles. The minimum absolute atomic E-state index is 0.260. The van der Waals surface area contributed by atoms with Crippen molar-refractivity contribution in [2.75, 3.05) is 51.3 Å². The van der Waals surface area contributed by atoms with E-state index in [0.29, 0.717) is 16.6 Å². The summed E-state index contributed by atoms with van der Waals surface area (Å²) in [7, 11) is 1.68. The van der Waals surface area contributed by atoms with Gasteiger partial charge in [-0.25, -0.2) is 0 Å². The van der Waals surface area contributed by atoms with Crippen molar-refractivity contribution in [2.45, 2.75) is 18.9 Å². The van der Waals surface area contributed by atoms with E-state index in [1.807, 2.05) is 42.5 Å². The molecular weight excluding hydrogens is 483 g/mol. The molecule has 7 heteroatoms. The predicted octanol–water partition coefficient (Wildman–Crippen LogP) is 5.35. The number of benzene rings is 3. The highest BCUT2D eigenvalue weighted by Crippen LogP contribution is 2.33. The van der Waals surface area contributed by atoms with Crippen molar-refractivity contribution in [1.82, 2.24) is 4.90 Å². The number of piperazine rings is 1. The first-order chi connectivity index (χ1) is 17.0. The van der Waals surface area contributed by atoms with Crippen molar-refractivity contribution in [3.05, 3.63) is 87.9 Å². The molecule has 0 amide bonds. The molecule has 0 bridgehead atoms. The van der Waals surface area contributed by atoms with Crippen LogP contribution in [0.1, 0.15) is 11.1 Å². The van der Waals surface area contributed by atoms with E-state index in [4.69, 9.17) is 32.7 Å². The molecule has 1 heterocycles. The summed E-state index contributed by atoms with van der Waals surface area (Å²) in [6.45, 7) is 4.19. The third-order valence-electron chi connectivity index (χ3n) is 6.33. The van der Waals surface area contributed by atoms with Gasteiger partial charge in [0.2, 0.25) is 0 Å². The summed E-state index contributed by atoms with van der Waals surface area (Å²) in [6, 6.07) is 21.9. The number of anilines is 1. The van der Waals surface area contributed by atoms with Crippen LogP contribution in [-0.4, -0.2) is 62.6 Å². The van der Waals surface area contributed by atoms with Crippen LogP contribution in [0.25, 0.3) is 0 Å². The van der Waals surface area contributed by atoms with Gasteiger partial charge in [-0.15, -0.1) is 0 Å². The third kappa shape index (κ3) is 7.05.